The summed E-state index contributed by atoms with van der Waals surface area (Å²) in [5.74, 6) is 0.868. The molecule has 3 heteroatoms. The van der Waals surface area contributed by atoms with Crippen molar-refractivity contribution in [2.45, 2.75) is 26.4 Å². The second-order valence-corrected chi connectivity index (χ2v) is 3.65. The number of aliphatic hydroxyl groups excluding tert-OH is 1. The lowest BCUT2D eigenvalue weighted by Gasteiger charge is -2.10. The lowest BCUT2D eigenvalue weighted by molar-refractivity contribution is 0.279. The van der Waals surface area contributed by atoms with Crippen LogP contribution in [0, 0.1) is 0 Å². The lowest BCUT2D eigenvalue weighted by atomic mass is 10.1. The normalized spacial score (nSPS) is 10.4. The molecule has 1 rings (SSSR count). The van der Waals surface area contributed by atoms with E-state index in [-0.39, 0.29) is 6.61 Å². The van der Waals surface area contributed by atoms with Gasteiger partial charge in [-0.05, 0) is 17.5 Å². The Morgan fingerprint density at radius 2 is 2.27 bits per heavy atom. The van der Waals surface area contributed by atoms with E-state index in [1.165, 1.54) is 0 Å². The zero-order valence-electron chi connectivity index (χ0n) is 9.23. The minimum atomic E-state index is 0.00664. The van der Waals surface area contributed by atoms with Crippen molar-refractivity contribution in [1.82, 2.24) is 4.98 Å². The highest BCUT2D eigenvalue weighted by atomic mass is 16.5. The van der Waals surface area contributed by atoms with Gasteiger partial charge in [0.05, 0.1) is 6.61 Å². The summed E-state index contributed by atoms with van der Waals surface area (Å²) in [6.45, 7) is 8.12. The SMILES string of the molecule is C=CCOc1cc(CO)cc(C(C)C)n1. The maximum atomic E-state index is 9.09. The summed E-state index contributed by atoms with van der Waals surface area (Å²) < 4.78 is 5.35. The molecule has 0 amide bonds. The molecular weight excluding hydrogens is 190 g/mol. The molecule has 0 aliphatic heterocycles. The maximum absolute atomic E-state index is 9.09. The molecule has 0 aliphatic carbocycles. The minimum absolute atomic E-state index is 0.00664. The molecule has 0 fully saturated rings. The zero-order valence-corrected chi connectivity index (χ0v) is 9.23. The van der Waals surface area contributed by atoms with Gasteiger partial charge in [0.1, 0.15) is 6.61 Å². The maximum Gasteiger partial charge on any atom is 0.214 e. The number of ether oxygens (including phenoxy) is 1. The van der Waals surface area contributed by atoms with Crippen LogP contribution in [0.1, 0.15) is 31.0 Å². The van der Waals surface area contributed by atoms with Gasteiger partial charge in [0.2, 0.25) is 5.88 Å². The Balaban J connectivity index is 2.94. The quantitative estimate of drug-likeness (QED) is 0.753. The first kappa shape index (κ1) is 11.7. The lowest BCUT2D eigenvalue weighted by Crippen LogP contribution is -2.01. The van der Waals surface area contributed by atoms with Crippen molar-refractivity contribution in [1.29, 1.82) is 0 Å². The Morgan fingerprint density at radius 3 is 2.80 bits per heavy atom. The Hall–Kier alpha value is -1.35. The Kier molecular flexibility index (Phi) is 4.31. The van der Waals surface area contributed by atoms with Crippen LogP contribution in [0.3, 0.4) is 0 Å². The third-order valence-electron chi connectivity index (χ3n) is 2.00. The van der Waals surface area contributed by atoms with Gasteiger partial charge >= 0.3 is 0 Å². The molecule has 1 heterocycles. The van der Waals surface area contributed by atoms with E-state index >= 15 is 0 Å². The fraction of sp³-hybridized carbons (Fsp3) is 0.417. The second-order valence-electron chi connectivity index (χ2n) is 3.65. The van der Waals surface area contributed by atoms with Crippen molar-refractivity contribution in [3.8, 4) is 5.88 Å². The number of hydrogen-bond acceptors (Lipinski definition) is 3. The van der Waals surface area contributed by atoms with Gasteiger partial charge in [0.15, 0.2) is 0 Å². The molecule has 1 N–H and O–H groups in total. The molecule has 0 bridgehead atoms. The Morgan fingerprint density at radius 1 is 1.53 bits per heavy atom. The fourth-order valence-corrected chi connectivity index (χ4v) is 1.19. The smallest absolute Gasteiger partial charge is 0.214 e. The first-order valence-electron chi connectivity index (χ1n) is 5.02. The number of rotatable bonds is 5. The summed E-state index contributed by atoms with van der Waals surface area (Å²) in [4.78, 5) is 4.34. The summed E-state index contributed by atoms with van der Waals surface area (Å²) in [6.07, 6.45) is 1.67. The average molecular weight is 207 g/mol. The molecule has 0 saturated heterocycles. The highest BCUT2D eigenvalue weighted by molar-refractivity contribution is 5.26. The van der Waals surface area contributed by atoms with E-state index in [1.54, 1.807) is 12.1 Å². The van der Waals surface area contributed by atoms with Gasteiger partial charge in [0, 0.05) is 11.8 Å². The molecule has 1 aromatic heterocycles. The Labute approximate surface area is 90.4 Å². The highest BCUT2D eigenvalue weighted by Gasteiger charge is 2.06. The van der Waals surface area contributed by atoms with Crippen LogP contribution in [-0.2, 0) is 6.61 Å². The van der Waals surface area contributed by atoms with E-state index in [9.17, 15) is 0 Å². The van der Waals surface area contributed by atoms with Crippen LogP contribution in [0.2, 0.25) is 0 Å². The molecule has 0 atom stereocenters. The van der Waals surface area contributed by atoms with Crippen molar-refractivity contribution < 1.29 is 9.84 Å². The predicted molar refractivity (Wildman–Crippen MR) is 59.9 cm³/mol. The van der Waals surface area contributed by atoms with Gasteiger partial charge in [-0.1, -0.05) is 26.5 Å². The number of aliphatic hydroxyl groups is 1. The molecule has 0 aromatic carbocycles. The van der Waals surface area contributed by atoms with Crippen LogP contribution in [0.5, 0.6) is 5.88 Å². The van der Waals surface area contributed by atoms with Gasteiger partial charge in [0.25, 0.3) is 0 Å². The summed E-state index contributed by atoms with van der Waals surface area (Å²) in [6, 6.07) is 3.64. The average Bonchev–Trinajstić information content (AvgIpc) is 2.25. The summed E-state index contributed by atoms with van der Waals surface area (Å²) in [7, 11) is 0. The second kappa shape index (κ2) is 5.51. The van der Waals surface area contributed by atoms with Crippen molar-refractivity contribution in [2.75, 3.05) is 6.61 Å². The third-order valence-corrected chi connectivity index (χ3v) is 2.00. The molecule has 0 aliphatic rings. The zero-order chi connectivity index (χ0) is 11.3. The van der Waals surface area contributed by atoms with Crippen molar-refractivity contribution in [2.24, 2.45) is 0 Å². The minimum Gasteiger partial charge on any atom is -0.473 e. The van der Waals surface area contributed by atoms with E-state index in [4.69, 9.17) is 9.84 Å². The predicted octanol–water partition coefficient (Wildman–Crippen LogP) is 2.26. The number of pyridine rings is 1. The van der Waals surface area contributed by atoms with Crippen molar-refractivity contribution in [3.05, 3.63) is 36.0 Å². The van der Waals surface area contributed by atoms with E-state index in [0.29, 0.717) is 18.4 Å². The van der Waals surface area contributed by atoms with Crippen LogP contribution < -0.4 is 4.74 Å². The molecule has 15 heavy (non-hydrogen) atoms. The van der Waals surface area contributed by atoms with Gasteiger partial charge < -0.3 is 9.84 Å². The Bertz CT molecular complexity index is 334. The van der Waals surface area contributed by atoms with Crippen LogP contribution in [-0.4, -0.2) is 16.7 Å². The van der Waals surface area contributed by atoms with Gasteiger partial charge in [-0.3, -0.25) is 0 Å². The topological polar surface area (TPSA) is 42.4 Å². The van der Waals surface area contributed by atoms with Gasteiger partial charge in [-0.2, -0.15) is 0 Å². The molecule has 1 aromatic rings. The van der Waals surface area contributed by atoms with E-state index < -0.39 is 0 Å². The summed E-state index contributed by atoms with van der Waals surface area (Å²) in [5, 5.41) is 9.09. The molecule has 0 saturated carbocycles. The van der Waals surface area contributed by atoms with E-state index in [0.717, 1.165) is 11.3 Å². The molecule has 0 spiro atoms. The van der Waals surface area contributed by atoms with Crippen LogP contribution in [0.25, 0.3) is 0 Å². The van der Waals surface area contributed by atoms with Gasteiger partial charge in [-0.25, -0.2) is 4.98 Å². The number of nitrogens with zero attached hydrogens (tertiary/aromatic N) is 1. The van der Waals surface area contributed by atoms with Crippen molar-refractivity contribution in [3.63, 3.8) is 0 Å². The van der Waals surface area contributed by atoms with E-state index in [2.05, 4.69) is 25.4 Å². The first-order chi connectivity index (χ1) is 7.17. The van der Waals surface area contributed by atoms with Crippen LogP contribution in [0.15, 0.2) is 24.8 Å². The largest absolute Gasteiger partial charge is 0.473 e. The van der Waals surface area contributed by atoms with Crippen LogP contribution in [0.4, 0.5) is 0 Å². The summed E-state index contributed by atoms with van der Waals surface area (Å²) >= 11 is 0. The summed E-state index contributed by atoms with van der Waals surface area (Å²) in [5.41, 5.74) is 1.76. The third kappa shape index (κ3) is 3.36. The monoisotopic (exact) mass is 207 g/mol. The van der Waals surface area contributed by atoms with Crippen LogP contribution >= 0.6 is 0 Å². The van der Waals surface area contributed by atoms with Gasteiger partial charge in [-0.15, -0.1) is 0 Å². The van der Waals surface area contributed by atoms with E-state index in [1.807, 2.05) is 6.07 Å². The highest BCUT2D eigenvalue weighted by Crippen LogP contribution is 2.18. The molecule has 82 valence electrons. The molecule has 0 radical (unpaired) electrons. The molecular formula is C12H17NO2. The standard InChI is InChI=1S/C12H17NO2/c1-4-5-15-12-7-10(8-14)6-11(13-12)9(2)3/h4,6-7,9,14H,1,5,8H2,2-3H3. The first-order valence-corrected chi connectivity index (χ1v) is 5.02. The number of aromatic nitrogens is 1. The number of hydrogen-bond donors (Lipinski definition) is 1. The molecule has 0 unspecified atom stereocenters. The fourth-order valence-electron chi connectivity index (χ4n) is 1.19. The molecule has 3 nitrogen and oxygen atoms in total. The van der Waals surface area contributed by atoms with Crippen molar-refractivity contribution >= 4 is 0 Å².